The third kappa shape index (κ3) is 2.20. The lowest BCUT2D eigenvalue weighted by Crippen LogP contribution is -2.08. The maximum absolute atomic E-state index is 9.17. The number of hydrogen-bond acceptors (Lipinski definition) is 2. The van der Waals surface area contributed by atoms with Gasteiger partial charge in [0.1, 0.15) is 0 Å². The number of hydrogen-bond donors (Lipinski definition) is 1. The summed E-state index contributed by atoms with van der Waals surface area (Å²) in [4.78, 5) is 0. The van der Waals surface area contributed by atoms with E-state index in [-0.39, 0.29) is 0 Å². The first kappa shape index (κ1) is 11.8. The smallest absolute Gasteiger partial charge is 0.0998 e. The van der Waals surface area contributed by atoms with E-state index >= 15 is 0 Å². The van der Waals surface area contributed by atoms with E-state index in [9.17, 15) is 0 Å². The van der Waals surface area contributed by atoms with E-state index in [1.807, 2.05) is 6.07 Å². The minimum absolute atomic E-state index is 0.672. The van der Waals surface area contributed by atoms with E-state index < -0.39 is 0 Å². The Kier molecular flexibility index (Phi) is 2.97. The minimum atomic E-state index is 0.672. The lowest BCUT2D eigenvalue weighted by Gasteiger charge is -2.25. The number of anilines is 1. The van der Waals surface area contributed by atoms with Crippen LogP contribution >= 0.6 is 0 Å². The fourth-order valence-electron chi connectivity index (χ4n) is 2.57. The van der Waals surface area contributed by atoms with Crippen LogP contribution in [0.15, 0.2) is 42.5 Å². The Morgan fingerprint density at radius 3 is 2.37 bits per heavy atom. The fraction of sp³-hybridized carbons (Fsp3) is 0.235. The zero-order valence-corrected chi connectivity index (χ0v) is 10.8. The molecule has 0 bridgehead atoms. The van der Waals surface area contributed by atoms with E-state index in [0.717, 1.165) is 17.0 Å². The molecule has 2 heteroatoms. The zero-order valence-electron chi connectivity index (χ0n) is 10.8. The van der Waals surface area contributed by atoms with Crippen LogP contribution in [0.1, 0.15) is 36.3 Å². The van der Waals surface area contributed by atoms with Crippen LogP contribution in [-0.4, -0.2) is 0 Å². The van der Waals surface area contributed by atoms with Crippen molar-refractivity contribution in [2.75, 3.05) is 5.73 Å². The molecule has 3 rings (SSSR count). The predicted molar refractivity (Wildman–Crippen MR) is 77.6 cm³/mol. The van der Waals surface area contributed by atoms with Gasteiger partial charge in [0.15, 0.2) is 0 Å². The number of nitrogens with two attached hydrogens (primary N) is 1. The van der Waals surface area contributed by atoms with E-state index in [4.69, 9.17) is 11.0 Å². The molecule has 94 valence electrons. The molecule has 2 N–H and O–H groups in total. The highest BCUT2D eigenvalue weighted by atomic mass is 14.5. The van der Waals surface area contributed by atoms with E-state index in [2.05, 4.69) is 30.3 Å². The Morgan fingerprint density at radius 2 is 1.79 bits per heavy atom. The second kappa shape index (κ2) is 4.78. The quantitative estimate of drug-likeness (QED) is 0.814. The van der Waals surface area contributed by atoms with E-state index in [0.29, 0.717) is 11.3 Å². The summed E-state index contributed by atoms with van der Waals surface area (Å²) in [7, 11) is 0. The third-order valence-electron chi connectivity index (χ3n) is 3.96. The standard InChI is InChI=1S/C17H16N2/c18-11-15-8-9-16(19)10-17(15)14-6-4-13(5-7-14)12-2-1-3-12/h4-10,12H,1-3,19H2. The van der Waals surface area contributed by atoms with E-state index in [1.165, 1.54) is 24.8 Å². The molecule has 1 saturated carbocycles. The van der Waals surface area contributed by atoms with Crippen molar-refractivity contribution >= 4 is 5.69 Å². The molecular weight excluding hydrogens is 232 g/mol. The molecule has 0 aromatic heterocycles. The van der Waals surface area contributed by atoms with Gasteiger partial charge in [0, 0.05) is 11.3 Å². The van der Waals surface area contributed by atoms with Crippen LogP contribution in [0.25, 0.3) is 11.1 Å². The highest BCUT2D eigenvalue weighted by Crippen LogP contribution is 2.37. The number of nitrogens with zero attached hydrogens (tertiary/aromatic N) is 1. The average molecular weight is 248 g/mol. The maximum atomic E-state index is 9.17. The Morgan fingerprint density at radius 1 is 1.05 bits per heavy atom. The summed E-state index contributed by atoms with van der Waals surface area (Å²) in [5.41, 5.74) is 10.6. The summed E-state index contributed by atoms with van der Waals surface area (Å²) in [5, 5.41) is 9.17. The Balaban J connectivity index is 1.98. The first-order valence-corrected chi connectivity index (χ1v) is 6.68. The topological polar surface area (TPSA) is 49.8 Å². The zero-order chi connectivity index (χ0) is 13.2. The van der Waals surface area contributed by atoms with Gasteiger partial charge < -0.3 is 5.73 Å². The van der Waals surface area contributed by atoms with Crippen LogP contribution in [0.2, 0.25) is 0 Å². The number of benzene rings is 2. The molecule has 0 heterocycles. The summed E-state index contributed by atoms with van der Waals surface area (Å²) in [5.74, 6) is 0.741. The molecule has 19 heavy (non-hydrogen) atoms. The molecule has 2 aromatic rings. The number of rotatable bonds is 2. The van der Waals surface area contributed by atoms with Gasteiger partial charge in [-0.05, 0) is 48.1 Å². The Bertz CT molecular complexity index is 631. The molecule has 1 aliphatic rings. The van der Waals surface area contributed by atoms with Gasteiger partial charge >= 0.3 is 0 Å². The largest absolute Gasteiger partial charge is 0.399 e. The highest BCUT2D eigenvalue weighted by molar-refractivity contribution is 5.74. The highest BCUT2D eigenvalue weighted by Gasteiger charge is 2.19. The van der Waals surface area contributed by atoms with E-state index in [1.54, 1.807) is 12.1 Å². The molecule has 1 aliphatic carbocycles. The van der Waals surface area contributed by atoms with Crippen LogP contribution in [0, 0.1) is 11.3 Å². The normalized spacial score (nSPS) is 14.7. The van der Waals surface area contributed by atoms with Crippen molar-refractivity contribution < 1.29 is 0 Å². The first-order chi connectivity index (χ1) is 9.28. The lowest BCUT2D eigenvalue weighted by atomic mass is 9.80. The molecular formula is C17H16N2. The summed E-state index contributed by atoms with van der Waals surface area (Å²) in [6.07, 6.45) is 3.96. The third-order valence-corrected chi connectivity index (χ3v) is 3.96. The number of nitrogen functional groups attached to an aromatic ring is 1. The SMILES string of the molecule is N#Cc1ccc(N)cc1-c1ccc(C2CCC2)cc1. The molecule has 0 spiro atoms. The monoisotopic (exact) mass is 248 g/mol. The van der Waals surface area contributed by atoms with Crippen molar-refractivity contribution in [3.8, 4) is 17.2 Å². The summed E-state index contributed by atoms with van der Waals surface area (Å²) < 4.78 is 0. The van der Waals surface area contributed by atoms with Gasteiger partial charge in [0.05, 0.1) is 11.6 Å². The second-order valence-electron chi connectivity index (χ2n) is 5.17. The van der Waals surface area contributed by atoms with Gasteiger partial charge in [-0.3, -0.25) is 0 Å². The Hall–Kier alpha value is -2.27. The Labute approximate surface area is 113 Å². The molecule has 0 saturated heterocycles. The molecule has 2 aromatic carbocycles. The van der Waals surface area contributed by atoms with Crippen LogP contribution in [0.5, 0.6) is 0 Å². The van der Waals surface area contributed by atoms with Gasteiger partial charge in [0.2, 0.25) is 0 Å². The fourth-order valence-corrected chi connectivity index (χ4v) is 2.57. The van der Waals surface area contributed by atoms with Gasteiger partial charge in [0.25, 0.3) is 0 Å². The first-order valence-electron chi connectivity index (χ1n) is 6.68. The predicted octanol–water partition coefficient (Wildman–Crippen LogP) is 4.07. The van der Waals surface area contributed by atoms with Crippen molar-refractivity contribution in [2.45, 2.75) is 25.2 Å². The van der Waals surface area contributed by atoms with Crippen LogP contribution in [-0.2, 0) is 0 Å². The molecule has 0 radical (unpaired) electrons. The maximum Gasteiger partial charge on any atom is 0.0998 e. The molecule has 0 aliphatic heterocycles. The molecule has 0 amide bonds. The second-order valence-corrected chi connectivity index (χ2v) is 5.17. The van der Waals surface area contributed by atoms with Gasteiger partial charge in [-0.15, -0.1) is 0 Å². The van der Waals surface area contributed by atoms with Gasteiger partial charge in [-0.25, -0.2) is 0 Å². The van der Waals surface area contributed by atoms with Crippen molar-refractivity contribution in [3.63, 3.8) is 0 Å². The molecule has 0 atom stereocenters. The average Bonchev–Trinajstić information content (AvgIpc) is 2.37. The van der Waals surface area contributed by atoms with Crippen molar-refractivity contribution in [3.05, 3.63) is 53.6 Å². The molecule has 2 nitrogen and oxygen atoms in total. The van der Waals surface area contributed by atoms with Crippen LogP contribution in [0.4, 0.5) is 5.69 Å². The molecule has 0 unspecified atom stereocenters. The minimum Gasteiger partial charge on any atom is -0.399 e. The molecule has 1 fully saturated rings. The number of nitriles is 1. The van der Waals surface area contributed by atoms with Crippen LogP contribution in [0.3, 0.4) is 0 Å². The summed E-state index contributed by atoms with van der Waals surface area (Å²) in [6.45, 7) is 0. The summed E-state index contributed by atoms with van der Waals surface area (Å²) >= 11 is 0. The van der Waals surface area contributed by atoms with Gasteiger partial charge in [-0.1, -0.05) is 30.7 Å². The van der Waals surface area contributed by atoms with Crippen molar-refractivity contribution in [1.82, 2.24) is 0 Å². The lowest BCUT2D eigenvalue weighted by molar-refractivity contribution is 0.420. The summed E-state index contributed by atoms with van der Waals surface area (Å²) in [6, 6.07) is 16.2. The van der Waals surface area contributed by atoms with Crippen molar-refractivity contribution in [2.24, 2.45) is 0 Å². The van der Waals surface area contributed by atoms with Gasteiger partial charge in [-0.2, -0.15) is 5.26 Å². The van der Waals surface area contributed by atoms with Crippen molar-refractivity contribution in [1.29, 1.82) is 5.26 Å². The van der Waals surface area contributed by atoms with Crippen LogP contribution < -0.4 is 5.73 Å².